The zero-order chi connectivity index (χ0) is 22.9. The maximum absolute atomic E-state index is 3.34. The van der Waals surface area contributed by atoms with Crippen LogP contribution in [0.1, 0.15) is 64.7 Å². The van der Waals surface area contributed by atoms with Gasteiger partial charge in [-0.2, -0.15) is 0 Å². The Morgan fingerprint density at radius 3 is 2.00 bits per heavy atom. The van der Waals surface area contributed by atoms with E-state index in [4.69, 9.17) is 0 Å². The van der Waals surface area contributed by atoms with Crippen LogP contribution in [-0.2, 0) is 17.4 Å². The van der Waals surface area contributed by atoms with Crippen molar-refractivity contribution >= 4 is 12.5 Å². The van der Waals surface area contributed by atoms with Crippen molar-refractivity contribution < 1.29 is 17.4 Å². The van der Waals surface area contributed by atoms with Gasteiger partial charge in [0.15, 0.2) is 0 Å². The van der Waals surface area contributed by atoms with Crippen molar-refractivity contribution in [1.29, 1.82) is 0 Å². The third kappa shape index (κ3) is 3.41. The van der Waals surface area contributed by atoms with E-state index < -0.39 is 17.4 Å². The third-order valence-corrected chi connectivity index (χ3v) is 25.8. The van der Waals surface area contributed by atoms with Gasteiger partial charge in [-0.1, -0.05) is 0 Å². The molecule has 0 radical (unpaired) electrons. The van der Waals surface area contributed by atoms with Crippen LogP contribution in [0.3, 0.4) is 0 Å². The summed E-state index contributed by atoms with van der Waals surface area (Å²) in [4.78, 5) is 0. The van der Waals surface area contributed by atoms with Crippen molar-refractivity contribution in [2.24, 2.45) is 5.92 Å². The first-order valence-corrected chi connectivity index (χ1v) is 25.2. The fraction of sp³-hybridized carbons (Fsp3) is 0.379. The molecule has 2 aliphatic carbocycles. The van der Waals surface area contributed by atoms with Crippen molar-refractivity contribution in [2.45, 2.75) is 61.4 Å². The Balaban J connectivity index is 1.97. The molecule has 2 aliphatic rings. The van der Waals surface area contributed by atoms with Crippen LogP contribution < -0.4 is 0 Å². The molecule has 0 bridgehead atoms. The molecule has 0 nitrogen and oxygen atoms in total. The molecule has 2 aromatic rings. The van der Waals surface area contributed by atoms with Gasteiger partial charge in [0.2, 0.25) is 0 Å². The van der Waals surface area contributed by atoms with Gasteiger partial charge in [0.1, 0.15) is 0 Å². The summed E-state index contributed by atoms with van der Waals surface area (Å²) in [7, 11) is 0. The van der Waals surface area contributed by atoms with Crippen LogP contribution in [0.15, 0.2) is 62.5 Å². The average Bonchev–Trinajstić information content (AvgIpc) is 3.18. The monoisotopic (exact) mass is 504 g/mol. The summed E-state index contributed by atoms with van der Waals surface area (Å²) >= 11 is -3.34. The predicted molar refractivity (Wildman–Crippen MR) is 137 cm³/mol. The Bertz CT molecular complexity index is 1280. The van der Waals surface area contributed by atoms with Gasteiger partial charge in [-0.25, -0.2) is 0 Å². The van der Waals surface area contributed by atoms with E-state index in [1.54, 1.807) is 22.3 Å². The van der Waals surface area contributed by atoms with E-state index in [2.05, 4.69) is 107 Å². The maximum atomic E-state index is 2.70. The molecule has 162 valence electrons. The number of aryl methyl sites for hydroxylation is 3. The quantitative estimate of drug-likeness (QED) is 0.375. The molecule has 0 aromatic heterocycles. The van der Waals surface area contributed by atoms with E-state index in [-0.39, 0.29) is 0 Å². The number of hydrogen-bond donors (Lipinski definition) is 0. The topological polar surface area (TPSA) is 0 Å². The van der Waals surface area contributed by atoms with E-state index in [1.165, 1.54) is 33.4 Å². The molecule has 0 saturated carbocycles. The molecule has 0 aliphatic heterocycles. The average molecular weight is 506 g/mol. The van der Waals surface area contributed by atoms with Gasteiger partial charge in [0, 0.05) is 0 Å². The molecule has 0 heterocycles. The molecule has 0 fully saturated rings. The molecule has 2 aromatic carbocycles. The van der Waals surface area contributed by atoms with Crippen LogP contribution in [0.4, 0.5) is 0 Å². The third-order valence-electron chi connectivity index (χ3n) is 8.57. The summed E-state index contributed by atoms with van der Waals surface area (Å²) in [6, 6.07) is 14.0. The van der Waals surface area contributed by atoms with Crippen LogP contribution in [0, 0.1) is 26.7 Å². The minimum atomic E-state index is -3.34. The standard InChI is InChI=1S/C18H17.C9H13.2CH3.H2Si.Zr/c1-12-10-14(3)18(11-13(12)2)17-9-8-15-6-4-5-7-16(15)17;1-6-5-7(2)9(4)8(6)3;;;;/h4-11H,1-3H3;6H,1-4H3;2*1H3;1H2;. The van der Waals surface area contributed by atoms with Gasteiger partial charge in [-0.05, 0) is 0 Å². The zero-order valence-corrected chi connectivity index (χ0v) is 24.8. The summed E-state index contributed by atoms with van der Waals surface area (Å²) in [6.07, 6.45) is 2.68. The van der Waals surface area contributed by atoms with Crippen molar-refractivity contribution in [1.82, 2.24) is 0 Å². The molecule has 2 unspecified atom stereocenters. The summed E-state index contributed by atoms with van der Waals surface area (Å²) in [5.41, 5.74) is 14.8. The van der Waals surface area contributed by atoms with Crippen molar-refractivity contribution in [2.75, 3.05) is 0 Å². The number of allylic oxidation sites excluding steroid dienone is 5. The van der Waals surface area contributed by atoms with E-state index in [1.807, 2.05) is 3.28 Å². The van der Waals surface area contributed by atoms with Crippen molar-refractivity contribution in [3.8, 4) is 0 Å². The molecule has 4 rings (SSSR count). The Kier molecular flexibility index (Phi) is 5.47. The predicted octanol–water partition coefficient (Wildman–Crippen LogP) is 7.69. The van der Waals surface area contributed by atoms with Crippen LogP contribution >= 0.6 is 0 Å². The summed E-state index contributed by atoms with van der Waals surface area (Å²) < 4.78 is 7.78. The summed E-state index contributed by atoms with van der Waals surface area (Å²) in [6.45, 7) is 18.7. The van der Waals surface area contributed by atoms with Gasteiger partial charge in [0.25, 0.3) is 0 Å². The Labute approximate surface area is 192 Å². The van der Waals surface area contributed by atoms with Gasteiger partial charge >= 0.3 is 193 Å². The van der Waals surface area contributed by atoms with E-state index in [0.717, 1.165) is 0 Å². The summed E-state index contributed by atoms with van der Waals surface area (Å²) in [5.74, 6) is 0.589. The summed E-state index contributed by atoms with van der Waals surface area (Å²) in [5, 5.41) is 0. The SMILES string of the molecule is CC1=C(C)C(C)[C]([Zr]([CH3])([CH3])(=[SiH2])[CH]2C=C(c3cc(C)c(C)cc3C)c3ccccc32)=C1C. The van der Waals surface area contributed by atoms with Crippen molar-refractivity contribution in [3.05, 3.63) is 95.9 Å². The van der Waals surface area contributed by atoms with Crippen LogP contribution in [0.25, 0.3) is 5.57 Å². The Hall–Kier alpha value is -1.24. The molecule has 0 N–H and O–H groups in total. The number of hydrogen-bond acceptors (Lipinski definition) is 0. The van der Waals surface area contributed by atoms with Gasteiger partial charge in [-0.15, -0.1) is 0 Å². The zero-order valence-electron chi connectivity index (χ0n) is 20.9. The second kappa shape index (κ2) is 7.39. The molecule has 2 atom stereocenters. The number of benzene rings is 2. The van der Waals surface area contributed by atoms with E-state index in [9.17, 15) is 0 Å². The molecular formula is C29H38SiZr. The first-order chi connectivity index (χ1) is 14.3. The van der Waals surface area contributed by atoms with Gasteiger partial charge < -0.3 is 0 Å². The van der Waals surface area contributed by atoms with E-state index >= 15 is 0 Å². The van der Waals surface area contributed by atoms with Crippen LogP contribution in [0.5, 0.6) is 0 Å². The van der Waals surface area contributed by atoms with Gasteiger partial charge in [0.05, 0.1) is 0 Å². The molecule has 0 amide bonds. The molecule has 31 heavy (non-hydrogen) atoms. The Morgan fingerprint density at radius 2 is 1.39 bits per heavy atom. The number of fused-ring (bicyclic) bond motifs is 1. The van der Waals surface area contributed by atoms with Crippen LogP contribution in [0.2, 0.25) is 9.26 Å². The Morgan fingerprint density at radius 1 is 0.774 bits per heavy atom. The fourth-order valence-electron chi connectivity index (χ4n) is 6.47. The first-order valence-electron chi connectivity index (χ1n) is 11.7. The van der Waals surface area contributed by atoms with Gasteiger partial charge in [-0.3, -0.25) is 0 Å². The molecule has 0 spiro atoms. The molecular weight excluding hydrogens is 468 g/mol. The van der Waals surface area contributed by atoms with Crippen LogP contribution in [-0.4, -0.2) is 6.88 Å². The second-order valence-electron chi connectivity index (χ2n) is 11.3. The molecule has 0 saturated heterocycles. The number of rotatable bonds is 3. The molecule has 2 heteroatoms. The second-order valence-corrected chi connectivity index (χ2v) is 40.8. The fourth-order valence-corrected chi connectivity index (χ4v) is 25.0. The van der Waals surface area contributed by atoms with Crippen molar-refractivity contribution in [3.63, 3.8) is 0 Å². The first kappa shape index (κ1) is 22.9. The normalized spacial score (nSPS) is 21.7. The minimum absolute atomic E-state index is 0.554. The van der Waals surface area contributed by atoms with E-state index in [0.29, 0.717) is 9.54 Å².